The number of amides is 1. The Morgan fingerprint density at radius 1 is 0.935 bits per heavy atom. The van der Waals surface area contributed by atoms with Crippen molar-refractivity contribution in [3.63, 3.8) is 0 Å². The summed E-state index contributed by atoms with van der Waals surface area (Å²) in [5.41, 5.74) is 4.53. The van der Waals surface area contributed by atoms with E-state index in [1.807, 2.05) is 63.2 Å². The summed E-state index contributed by atoms with van der Waals surface area (Å²) >= 11 is 3.31. The van der Waals surface area contributed by atoms with Crippen molar-refractivity contribution in [3.05, 3.63) is 93.5 Å². The molecule has 5 nitrogen and oxygen atoms in total. The van der Waals surface area contributed by atoms with Crippen molar-refractivity contribution < 1.29 is 13.2 Å². The number of sulfonamides is 1. The molecule has 1 atom stereocenters. The first-order chi connectivity index (χ1) is 14.7. The third-order valence-corrected chi connectivity index (χ3v) is 6.96. The highest BCUT2D eigenvalue weighted by molar-refractivity contribution is 9.10. The third-order valence-electron chi connectivity index (χ3n) is 4.95. The zero-order valence-electron chi connectivity index (χ0n) is 17.6. The Morgan fingerprint density at radius 3 is 2.10 bits per heavy atom. The lowest BCUT2D eigenvalue weighted by Crippen LogP contribution is -2.45. The average Bonchev–Trinajstić information content (AvgIpc) is 2.71. The second kappa shape index (κ2) is 9.77. The molecule has 0 saturated heterocycles. The maximum Gasteiger partial charge on any atom is 0.242 e. The lowest BCUT2D eigenvalue weighted by molar-refractivity contribution is -0.117. The molecular formula is C24H25BrN2O3S. The van der Waals surface area contributed by atoms with Crippen LogP contribution in [0.3, 0.4) is 0 Å². The number of aryl methyl sites for hydroxylation is 3. The van der Waals surface area contributed by atoms with E-state index in [2.05, 4.69) is 26.0 Å². The van der Waals surface area contributed by atoms with E-state index in [1.165, 1.54) is 12.1 Å². The molecule has 0 aliphatic heterocycles. The SMILES string of the molecule is Cc1cc(C)c(NC(=O)[C@@H](Cc2ccccc2)NS(=O)(=O)c2ccc(Br)cc2)c(C)c1. The van der Waals surface area contributed by atoms with Gasteiger partial charge in [0.05, 0.1) is 4.90 Å². The number of anilines is 1. The summed E-state index contributed by atoms with van der Waals surface area (Å²) in [6.07, 6.45) is 0.229. The molecule has 0 heterocycles. The minimum Gasteiger partial charge on any atom is -0.324 e. The first-order valence-corrected chi connectivity index (χ1v) is 12.1. The van der Waals surface area contributed by atoms with Crippen LogP contribution >= 0.6 is 15.9 Å². The van der Waals surface area contributed by atoms with E-state index in [0.717, 1.165) is 26.7 Å². The number of hydrogen-bond donors (Lipinski definition) is 2. The Morgan fingerprint density at radius 2 is 1.52 bits per heavy atom. The summed E-state index contributed by atoms with van der Waals surface area (Å²) in [5, 5.41) is 2.94. The van der Waals surface area contributed by atoms with Gasteiger partial charge in [0.2, 0.25) is 15.9 Å². The summed E-state index contributed by atoms with van der Waals surface area (Å²) in [6, 6.07) is 18.6. The maximum atomic E-state index is 13.2. The molecule has 0 aromatic heterocycles. The zero-order chi connectivity index (χ0) is 22.6. The molecule has 162 valence electrons. The summed E-state index contributed by atoms with van der Waals surface area (Å²) in [5.74, 6) is -0.403. The molecule has 3 aromatic rings. The highest BCUT2D eigenvalue weighted by Crippen LogP contribution is 2.23. The molecule has 3 rings (SSSR count). The van der Waals surface area contributed by atoms with E-state index < -0.39 is 22.0 Å². The van der Waals surface area contributed by atoms with Crippen molar-refractivity contribution in [2.45, 2.75) is 38.1 Å². The minimum atomic E-state index is -3.89. The quantitative estimate of drug-likeness (QED) is 0.484. The van der Waals surface area contributed by atoms with Crippen LogP contribution in [0.4, 0.5) is 5.69 Å². The van der Waals surface area contributed by atoms with Crippen LogP contribution < -0.4 is 10.0 Å². The summed E-state index contributed by atoms with van der Waals surface area (Å²) in [4.78, 5) is 13.3. The summed E-state index contributed by atoms with van der Waals surface area (Å²) < 4.78 is 29.3. The maximum absolute atomic E-state index is 13.2. The molecule has 0 aliphatic rings. The van der Waals surface area contributed by atoms with Gasteiger partial charge in [0.15, 0.2) is 0 Å². The average molecular weight is 501 g/mol. The van der Waals surface area contributed by atoms with Crippen LogP contribution in [-0.4, -0.2) is 20.4 Å². The zero-order valence-corrected chi connectivity index (χ0v) is 20.0. The highest BCUT2D eigenvalue weighted by Gasteiger charge is 2.27. The first-order valence-electron chi connectivity index (χ1n) is 9.86. The van der Waals surface area contributed by atoms with E-state index in [0.29, 0.717) is 5.69 Å². The van der Waals surface area contributed by atoms with Gasteiger partial charge in [-0.05, 0) is 68.1 Å². The van der Waals surface area contributed by atoms with Gasteiger partial charge >= 0.3 is 0 Å². The molecule has 1 amide bonds. The van der Waals surface area contributed by atoms with Crippen LogP contribution in [-0.2, 0) is 21.2 Å². The number of carbonyl (C=O) groups is 1. The summed E-state index contributed by atoms with van der Waals surface area (Å²) in [7, 11) is -3.89. The second-order valence-electron chi connectivity index (χ2n) is 7.58. The van der Waals surface area contributed by atoms with E-state index in [4.69, 9.17) is 0 Å². The Labute approximate surface area is 192 Å². The molecule has 2 N–H and O–H groups in total. The van der Waals surface area contributed by atoms with E-state index in [-0.39, 0.29) is 11.3 Å². The van der Waals surface area contributed by atoms with Gasteiger partial charge in [0, 0.05) is 10.2 Å². The van der Waals surface area contributed by atoms with E-state index >= 15 is 0 Å². The fourth-order valence-electron chi connectivity index (χ4n) is 3.49. The number of carbonyl (C=O) groups excluding carboxylic acids is 1. The lowest BCUT2D eigenvalue weighted by atomic mass is 10.0. The Hall–Kier alpha value is -2.48. The molecule has 0 saturated carbocycles. The van der Waals surface area contributed by atoms with Gasteiger partial charge < -0.3 is 5.32 Å². The van der Waals surface area contributed by atoms with Gasteiger partial charge in [0.25, 0.3) is 0 Å². The summed E-state index contributed by atoms with van der Waals surface area (Å²) in [6.45, 7) is 5.85. The predicted molar refractivity (Wildman–Crippen MR) is 128 cm³/mol. The molecule has 0 aliphatic carbocycles. The molecule has 0 unspecified atom stereocenters. The van der Waals surface area contributed by atoms with Gasteiger partial charge in [-0.1, -0.05) is 64.0 Å². The van der Waals surface area contributed by atoms with Crippen molar-refractivity contribution in [2.75, 3.05) is 5.32 Å². The largest absolute Gasteiger partial charge is 0.324 e. The van der Waals surface area contributed by atoms with Crippen molar-refractivity contribution >= 4 is 37.5 Å². The van der Waals surface area contributed by atoms with Crippen LogP contribution in [0.2, 0.25) is 0 Å². The molecule has 7 heteroatoms. The highest BCUT2D eigenvalue weighted by atomic mass is 79.9. The second-order valence-corrected chi connectivity index (χ2v) is 10.2. The molecule has 0 radical (unpaired) electrons. The Kier molecular flexibility index (Phi) is 7.30. The molecule has 3 aromatic carbocycles. The fourth-order valence-corrected chi connectivity index (χ4v) is 4.95. The van der Waals surface area contributed by atoms with Crippen LogP contribution in [0.5, 0.6) is 0 Å². The van der Waals surface area contributed by atoms with Crippen molar-refractivity contribution in [1.82, 2.24) is 4.72 Å². The topological polar surface area (TPSA) is 75.3 Å². The van der Waals surface area contributed by atoms with Crippen LogP contribution in [0.1, 0.15) is 22.3 Å². The van der Waals surface area contributed by atoms with Crippen LogP contribution in [0.15, 0.2) is 76.1 Å². The lowest BCUT2D eigenvalue weighted by Gasteiger charge is -2.21. The van der Waals surface area contributed by atoms with Gasteiger partial charge in [-0.2, -0.15) is 4.72 Å². The number of nitrogens with one attached hydrogen (secondary N) is 2. The van der Waals surface area contributed by atoms with Crippen molar-refractivity contribution in [1.29, 1.82) is 0 Å². The third kappa shape index (κ3) is 6.03. The standard InChI is InChI=1S/C24H25BrN2O3S/c1-16-13-17(2)23(18(3)14-16)26-24(28)22(15-19-7-5-4-6-8-19)27-31(29,30)21-11-9-20(25)10-12-21/h4-14,22,27H,15H2,1-3H3,(H,26,28)/t22-/m1/s1. The minimum absolute atomic E-state index is 0.101. The smallest absolute Gasteiger partial charge is 0.242 e. The van der Waals surface area contributed by atoms with Gasteiger partial charge in [-0.25, -0.2) is 8.42 Å². The molecule has 0 spiro atoms. The normalized spacial score (nSPS) is 12.4. The van der Waals surface area contributed by atoms with Crippen molar-refractivity contribution in [2.24, 2.45) is 0 Å². The molecule has 31 heavy (non-hydrogen) atoms. The van der Waals surface area contributed by atoms with E-state index in [1.54, 1.807) is 12.1 Å². The Balaban J connectivity index is 1.91. The number of halogens is 1. The van der Waals surface area contributed by atoms with Gasteiger partial charge in [-0.3, -0.25) is 4.79 Å². The fraction of sp³-hybridized carbons (Fsp3) is 0.208. The number of benzene rings is 3. The Bertz CT molecular complexity index is 1150. The van der Waals surface area contributed by atoms with Crippen LogP contribution in [0.25, 0.3) is 0 Å². The molecule has 0 bridgehead atoms. The van der Waals surface area contributed by atoms with Crippen molar-refractivity contribution in [3.8, 4) is 0 Å². The van der Waals surface area contributed by atoms with Gasteiger partial charge in [-0.15, -0.1) is 0 Å². The van der Waals surface area contributed by atoms with E-state index in [9.17, 15) is 13.2 Å². The monoisotopic (exact) mass is 500 g/mol. The first kappa shape index (κ1) is 23.2. The van der Waals surface area contributed by atoms with Crippen LogP contribution in [0, 0.1) is 20.8 Å². The van der Waals surface area contributed by atoms with Gasteiger partial charge in [0.1, 0.15) is 6.04 Å². The number of hydrogen-bond acceptors (Lipinski definition) is 3. The number of rotatable bonds is 7. The molecule has 0 fully saturated rings. The molecular weight excluding hydrogens is 476 g/mol. The predicted octanol–water partition coefficient (Wildman–Crippen LogP) is 4.90.